The number of unbranched alkanes of at least 4 members (excludes halogenated alkanes) is 8. The highest BCUT2D eigenvalue weighted by atomic mass is 28.3. The summed E-state index contributed by atoms with van der Waals surface area (Å²) in [6.45, 7) is 10.1. The number of amides is 1. The number of hydrogen-bond acceptors (Lipinski definition) is 4. The minimum Gasteiger partial charge on any atom is -0.506 e. The van der Waals surface area contributed by atoms with E-state index in [1.165, 1.54) is 63.1 Å². The molecule has 0 aliphatic rings. The zero-order valence-electron chi connectivity index (χ0n) is 24.8. The van der Waals surface area contributed by atoms with E-state index in [0.29, 0.717) is 24.2 Å². The first kappa shape index (κ1) is 32.6. The van der Waals surface area contributed by atoms with E-state index >= 15 is 0 Å². The van der Waals surface area contributed by atoms with Gasteiger partial charge in [-0.15, -0.1) is 0 Å². The molecule has 0 aromatic heterocycles. The number of phenols is 1. The molecule has 5 nitrogen and oxygen atoms in total. The Labute approximate surface area is 237 Å². The predicted octanol–water partition coefficient (Wildman–Crippen LogP) is 9.64. The van der Waals surface area contributed by atoms with Crippen molar-refractivity contribution < 1.29 is 19.4 Å². The molecule has 2 rings (SSSR count). The third kappa shape index (κ3) is 12.9. The van der Waals surface area contributed by atoms with Crippen LogP contribution in [0, 0.1) is 0 Å². The third-order valence-electron chi connectivity index (χ3n) is 7.41. The molecule has 216 valence electrons. The van der Waals surface area contributed by atoms with E-state index in [2.05, 4.69) is 32.3 Å². The highest BCUT2D eigenvalue weighted by Crippen LogP contribution is 2.26. The van der Waals surface area contributed by atoms with E-state index in [-0.39, 0.29) is 23.1 Å². The van der Waals surface area contributed by atoms with Crippen LogP contribution in [0.5, 0.6) is 11.5 Å². The van der Waals surface area contributed by atoms with Gasteiger partial charge in [0, 0.05) is 25.6 Å². The Morgan fingerprint density at radius 2 is 1.36 bits per heavy atom. The lowest BCUT2D eigenvalue weighted by Gasteiger charge is -2.22. The van der Waals surface area contributed by atoms with Gasteiger partial charge in [-0.2, -0.15) is 0 Å². The summed E-state index contributed by atoms with van der Waals surface area (Å²) in [6.07, 6.45) is 13.6. The van der Waals surface area contributed by atoms with Crippen LogP contribution in [-0.4, -0.2) is 31.5 Å². The summed E-state index contributed by atoms with van der Waals surface area (Å²) in [6, 6.07) is 14.4. The van der Waals surface area contributed by atoms with Crippen LogP contribution < -0.4 is 10.1 Å². The summed E-state index contributed by atoms with van der Waals surface area (Å²) in [5, 5.41) is 13.0. The van der Waals surface area contributed by atoms with E-state index in [1.54, 1.807) is 36.4 Å². The molecule has 0 atom stereocenters. The van der Waals surface area contributed by atoms with Crippen LogP contribution in [0.3, 0.4) is 0 Å². The standard InChI is InChI=1S/C33H51NO4Si/c1-5-7-9-10-11-12-13-14-16-31(35)28-19-22-32(36)30(26-28)34-33(37)27-17-20-29(21-18-27)38-23-15-25-39(3,4)24-8-6-2/h17-22,26,36H,5-16,23-25H2,1-4H3,(H,34,37). The zero-order valence-corrected chi connectivity index (χ0v) is 25.8. The molecule has 0 bridgehead atoms. The second-order valence-corrected chi connectivity index (χ2v) is 16.9. The molecule has 2 N–H and O–H groups in total. The number of nitrogens with one attached hydrogen (secondary N) is 1. The summed E-state index contributed by atoms with van der Waals surface area (Å²) in [4.78, 5) is 25.5. The molecule has 2 aromatic rings. The van der Waals surface area contributed by atoms with Gasteiger partial charge in [0.25, 0.3) is 5.91 Å². The Bertz CT molecular complexity index is 1000. The van der Waals surface area contributed by atoms with Crippen LogP contribution >= 0.6 is 0 Å². The van der Waals surface area contributed by atoms with Crippen molar-refractivity contribution in [1.82, 2.24) is 0 Å². The number of rotatable bonds is 20. The monoisotopic (exact) mass is 553 g/mol. The third-order valence-corrected chi connectivity index (χ3v) is 10.8. The molecule has 0 saturated heterocycles. The van der Waals surface area contributed by atoms with Crippen LogP contribution in [0.25, 0.3) is 0 Å². The highest BCUT2D eigenvalue weighted by Gasteiger charge is 2.19. The molecule has 0 aliphatic heterocycles. The molecule has 0 saturated carbocycles. The maximum atomic E-state index is 12.8. The fourth-order valence-corrected chi connectivity index (χ4v) is 7.45. The van der Waals surface area contributed by atoms with Crippen molar-refractivity contribution in [3.63, 3.8) is 0 Å². The van der Waals surface area contributed by atoms with Crippen LogP contribution in [0.1, 0.15) is 112 Å². The zero-order chi connectivity index (χ0) is 28.5. The van der Waals surface area contributed by atoms with Gasteiger partial charge in [-0.25, -0.2) is 0 Å². The highest BCUT2D eigenvalue weighted by molar-refractivity contribution is 6.77. The number of anilines is 1. The average molecular weight is 554 g/mol. The summed E-state index contributed by atoms with van der Waals surface area (Å²) in [5.41, 5.74) is 1.22. The average Bonchev–Trinajstić information content (AvgIpc) is 2.93. The fourth-order valence-electron chi connectivity index (χ4n) is 4.79. The number of ether oxygens (including phenoxy) is 1. The minimum atomic E-state index is -1.13. The molecule has 39 heavy (non-hydrogen) atoms. The van der Waals surface area contributed by atoms with Gasteiger partial charge < -0.3 is 15.2 Å². The van der Waals surface area contributed by atoms with E-state index in [4.69, 9.17) is 4.74 Å². The quantitative estimate of drug-likeness (QED) is 0.0740. The van der Waals surface area contributed by atoms with Crippen molar-refractivity contribution in [1.29, 1.82) is 0 Å². The summed E-state index contributed by atoms with van der Waals surface area (Å²) in [5.74, 6) is 0.385. The van der Waals surface area contributed by atoms with Crippen molar-refractivity contribution in [2.75, 3.05) is 11.9 Å². The van der Waals surface area contributed by atoms with E-state index in [0.717, 1.165) is 31.4 Å². The van der Waals surface area contributed by atoms with Crippen molar-refractivity contribution in [2.45, 2.75) is 116 Å². The number of ketones is 1. The van der Waals surface area contributed by atoms with Crippen LogP contribution in [0.2, 0.25) is 25.2 Å². The first-order valence-electron chi connectivity index (χ1n) is 15.2. The Morgan fingerprint density at radius 3 is 2.03 bits per heavy atom. The molecule has 0 heterocycles. The lowest BCUT2D eigenvalue weighted by Crippen LogP contribution is -2.25. The Morgan fingerprint density at radius 1 is 0.769 bits per heavy atom. The van der Waals surface area contributed by atoms with Gasteiger partial charge in [0.2, 0.25) is 0 Å². The van der Waals surface area contributed by atoms with Gasteiger partial charge in [0.15, 0.2) is 5.78 Å². The summed E-state index contributed by atoms with van der Waals surface area (Å²) in [7, 11) is -1.13. The van der Waals surface area contributed by atoms with Gasteiger partial charge in [-0.3, -0.25) is 9.59 Å². The van der Waals surface area contributed by atoms with Gasteiger partial charge in [0.1, 0.15) is 11.5 Å². The number of Topliss-reactive ketones (excluding diaryl/α,β-unsaturated/α-hetero) is 1. The minimum absolute atomic E-state index is 0.0365. The molecular formula is C33H51NO4Si. The molecule has 6 heteroatoms. The van der Waals surface area contributed by atoms with Gasteiger partial charge in [0.05, 0.1) is 12.3 Å². The number of benzene rings is 2. The number of carbonyl (C=O) groups is 2. The molecule has 0 unspecified atom stereocenters. The molecule has 2 aromatic carbocycles. The number of phenolic OH excluding ortho intramolecular Hbond substituents is 1. The van der Waals surface area contributed by atoms with E-state index in [9.17, 15) is 14.7 Å². The summed E-state index contributed by atoms with van der Waals surface area (Å²) < 4.78 is 5.90. The van der Waals surface area contributed by atoms with Gasteiger partial charge in [-0.1, -0.05) is 96.8 Å². The number of aromatic hydroxyl groups is 1. The van der Waals surface area contributed by atoms with Crippen LogP contribution in [0.4, 0.5) is 5.69 Å². The van der Waals surface area contributed by atoms with Crippen molar-refractivity contribution in [2.24, 2.45) is 0 Å². The number of carbonyl (C=O) groups excluding carboxylic acids is 2. The lowest BCUT2D eigenvalue weighted by atomic mass is 10.0. The Hall–Kier alpha value is -2.60. The Kier molecular flexibility index (Phi) is 14.9. The van der Waals surface area contributed by atoms with Gasteiger partial charge >= 0.3 is 0 Å². The molecule has 0 aliphatic carbocycles. The van der Waals surface area contributed by atoms with Crippen LogP contribution in [0.15, 0.2) is 42.5 Å². The summed E-state index contributed by atoms with van der Waals surface area (Å²) >= 11 is 0. The van der Waals surface area contributed by atoms with Crippen molar-refractivity contribution >= 4 is 25.5 Å². The number of hydrogen-bond donors (Lipinski definition) is 2. The fraction of sp³-hybridized carbons (Fsp3) is 0.576. The Balaban J connectivity index is 1.80. The molecule has 0 fully saturated rings. The second-order valence-electron chi connectivity index (χ2n) is 11.6. The maximum Gasteiger partial charge on any atom is 0.255 e. The lowest BCUT2D eigenvalue weighted by molar-refractivity contribution is 0.0976. The van der Waals surface area contributed by atoms with E-state index < -0.39 is 8.07 Å². The SMILES string of the molecule is CCCCCCCCCCC(=O)c1ccc(O)c(NC(=O)c2ccc(OCCC[Si](C)(C)CCCC)cc2)c1. The molecule has 1 amide bonds. The first-order valence-corrected chi connectivity index (χ1v) is 18.6. The first-order chi connectivity index (χ1) is 18.8. The molecular weight excluding hydrogens is 502 g/mol. The van der Waals surface area contributed by atoms with Crippen LogP contribution in [-0.2, 0) is 0 Å². The molecule has 0 radical (unpaired) electrons. The molecule has 0 spiro atoms. The largest absolute Gasteiger partial charge is 0.506 e. The van der Waals surface area contributed by atoms with Crippen molar-refractivity contribution in [3.8, 4) is 11.5 Å². The van der Waals surface area contributed by atoms with Gasteiger partial charge in [-0.05, 0) is 55.3 Å². The second kappa shape index (κ2) is 17.9. The van der Waals surface area contributed by atoms with E-state index in [1.807, 2.05) is 0 Å². The van der Waals surface area contributed by atoms with Crippen molar-refractivity contribution in [3.05, 3.63) is 53.6 Å². The normalized spacial score (nSPS) is 11.4. The maximum absolute atomic E-state index is 12.8. The predicted molar refractivity (Wildman–Crippen MR) is 166 cm³/mol. The smallest absolute Gasteiger partial charge is 0.255 e. The topological polar surface area (TPSA) is 75.6 Å².